The number of nitrogens with zero attached hydrogens (tertiary/aromatic N) is 4. The van der Waals surface area contributed by atoms with Gasteiger partial charge in [-0.05, 0) is 47.0 Å². The molecule has 0 aliphatic carbocycles. The van der Waals surface area contributed by atoms with Crippen LogP contribution in [0.15, 0.2) is 45.7 Å². The molecule has 4 aromatic rings. The Hall–Kier alpha value is -2.92. The van der Waals surface area contributed by atoms with Crippen LogP contribution >= 0.6 is 23.1 Å². The van der Waals surface area contributed by atoms with Crippen LogP contribution in [-0.4, -0.2) is 41.3 Å². The summed E-state index contributed by atoms with van der Waals surface area (Å²) < 4.78 is 1.68. The molecule has 0 fully saturated rings. The smallest absolute Gasteiger partial charge is 0.323 e. The quantitative estimate of drug-likeness (QED) is 0.425. The summed E-state index contributed by atoms with van der Waals surface area (Å²) in [6.07, 6.45) is 0. The molecule has 0 saturated heterocycles. The van der Waals surface area contributed by atoms with Crippen molar-refractivity contribution in [2.45, 2.75) is 23.9 Å². The van der Waals surface area contributed by atoms with Crippen LogP contribution in [-0.2, 0) is 11.3 Å². The van der Waals surface area contributed by atoms with E-state index in [4.69, 9.17) is 0 Å². The predicted octanol–water partition coefficient (Wildman–Crippen LogP) is 2.07. The van der Waals surface area contributed by atoms with Crippen molar-refractivity contribution >= 4 is 45.7 Å². The molecule has 0 bridgehead atoms. The maximum atomic E-state index is 12.5. The number of rotatable bonds is 6. The highest BCUT2D eigenvalue weighted by Crippen LogP contribution is 2.23. The minimum absolute atomic E-state index is 0.178. The second kappa shape index (κ2) is 7.37. The molecule has 138 valence electrons. The van der Waals surface area contributed by atoms with Gasteiger partial charge in [0.25, 0.3) is 0 Å². The second-order valence-electron chi connectivity index (χ2n) is 5.79. The molecule has 27 heavy (non-hydrogen) atoms. The fourth-order valence-electron chi connectivity index (χ4n) is 2.50. The molecule has 1 atom stereocenters. The van der Waals surface area contributed by atoms with E-state index in [1.54, 1.807) is 41.1 Å². The molecule has 0 unspecified atom stereocenters. The van der Waals surface area contributed by atoms with E-state index >= 15 is 0 Å². The zero-order chi connectivity index (χ0) is 18.8. The Morgan fingerprint density at radius 3 is 3.00 bits per heavy atom. The van der Waals surface area contributed by atoms with Crippen LogP contribution in [0.2, 0.25) is 0 Å². The number of aromatic nitrogens is 6. The SMILES string of the molecule is C[C@@H](Sc1nnnn1Cc1cccs1)C(=O)Nc1ccc2[nH]c(=O)[nH]c2c1. The molecular formula is C16H15N7O2S2. The number of aromatic amines is 2. The molecule has 1 aromatic carbocycles. The third-order valence-electron chi connectivity index (χ3n) is 3.82. The number of hydrogen-bond acceptors (Lipinski definition) is 7. The molecule has 0 spiro atoms. The van der Waals surface area contributed by atoms with Crippen molar-refractivity contribution < 1.29 is 4.79 Å². The molecule has 3 aromatic heterocycles. The molecule has 9 nitrogen and oxygen atoms in total. The first-order valence-corrected chi connectivity index (χ1v) is 9.82. The Kier molecular flexibility index (Phi) is 4.77. The first-order valence-electron chi connectivity index (χ1n) is 8.06. The lowest BCUT2D eigenvalue weighted by molar-refractivity contribution is -0.115. The van der Waals surface area contributed by atoms with Crippen molar-refractivity contribution in [3.8, 4) is 0 Å². The second-order valence-corrected chi connectivity index (χ2v) is 8.13. The van der Waals surface area contributed by atoms with Gasteiger partial charge in [0.05, 0.1) is 22.8 Å². The number of H-pyrrole nitrogens is 2. The molecule has 0 saturated carbocycles. The van der Waals surface area contributed by atoms with Gasteiger partial charge in [-0.2, -0.15) is 0 Å². The summed E-state index contributed by atoms with van der Waals surface area (Å²) in [4.78, 5) is 30.3. The zero-order valence-electron chi connectivity index (χ0n) is 14.2. The number of amides is 1. The van der Waals surface area contributed by atoms with E-state index in [0.717, 1.165) is 4.88 Å². The van der Waals surface area contributed by atoms with Crippen LogP contribution in [0.1, 0.15) is 11.8 Å². The number of carbonyl (C=O) groups is 1. The largest absolute Gasteiger partial charge is 0.325 e. The Balaban J connectivity index is 1.43. The molecule has 1 amide bonds. The summed E-state index contributed by atoms with van der Waals surface area (Å²) in [6, 6.07) is 9.17. The first-order chi connectivity index (χ1) is 13.1. The normalized spacial score (nSPS) is 12.3. The van der Waals surface area contributed by atoms with Crippen LogP contribution in [0.5, 0.6) is 0 Å². The average molecular weight is 401 g/mol. The molecule has 0 aliphatic rings. The van der Waals surface area contributed by atoms with Crippen molar-refractivity contribution in [1.82, 2.24) is 30.2 Å². The Labute approximate surface area is 161 Å². The zero-order valence-corrected chi connectivity index (χ0v) is 15.8. The number of tetrazole rings is 1. The van der Waals surface area contributed by atoms with Crippen molar-refractivity contribution in [1.29, 1.82) is 0 Å². The Morgan fingerprint density at radius 2 is 2.19 bits per heavy atom. The highest BCUT2D eigenvalue weighted by Gasteiger charge is 2.19. The molecule has 11 heteroatoms. The minimum Gasteiger partial charge on any atom is -0.325 e. The van der Waals surface area contributed by atoms with Gasteiger partial charge in [0.15, 0.2) is 0 Å². The Bertz CT molecular complexity index is 1130. The van der Waals surface area contributed by atoms with E-state index in [2.05, 4.69) is 30.8 Å². The summed E-state index contributed by atoms with van der Waals surface area (Å²) >= 11 is 2.92. The number of carbonyl (C=O) groups excluding carboxylic acids is 1. The number of hydrogen-bond donors (Lipinski definition) is 3. The number of benzene rings is 1. The lowest BCUT2D eigenvalue weighted by atomic mass is 10.2. The topological polar surface area (TPSA) is 121 Å². The van der Waals surface area contributed by atoms with Gasteiger partial charge in [-0.1, -0.05) is 17.8 Å². The summed E-state index contributed by atoms with van der Waals surface area (Å²) in [5, 5.41) is 16.7. The van der Waals surface area contributed by atoms with Crippen LogP contribution in [0.25, 0.3) is 11.0 Å². The molecule has 0 radical (unpaired) electrons. The van der Waals surface area contributed by atoms with Gasteiger partial charge in [0.2, 0.25) is 11.1 Å². The first kappa shape index (κ1) is 17.5. The van der Waals surface area contributed by atoms with Gasteiger partial charge in [-0.3, -0.25) is 4.79 Å². The maximum Gasteiger partial charge on any atom is 0.323 e. The highest BCUT2D eigenvalue weighted by molar-refractivity contribution is 8.00. The van der Waals surface area contributed by atoms with Crippen molar-refractivity contribution in [3.63, 3.8) is 0 Å². The van der Waals surface area contributed by atoms with Crippen LogP contribution in [0, 0.1) is 0 Å². The minimum atomic E-state index is -0.404. The molecular weight excluding hydrogens is 386 g/mol. The van der Waals surface area contributed by atoms with Gasteiger partial charge < -0.3 is 15.3 Å². The predicted molar refractivity (Wildman–Crippen MR) is 104 cm³/mol. The molecule has 4 rings (SSSR count). The van der Waals surface area contributed by atoms with Crippen molar-refractivity contribution in [2.75, 3.05) is 5.32 Å². The molecule has 0 aliphatic heterocycles. The van der Waals surface area contributed by atoms with Gasteiger partial charge in [-0.25, -0.2) is 9.48 Å². The van der Waals surface area contributed by atoms with Crippen LogP contribution in [0.4, 0.5) is 5.69 Å². The summed E-state index contributed by atoms with van der Waals surface area (Å²) in [6.45, 7) is 2.36. The summed E-state index contributed by atoms with van der Waals surface area (Å²) in [5.74, 6) is -0.178. The maximum absolute atomic E-state index is 12.5. The molecule has 3 N–H and O–H groups in total. The fraction of sp³-hybridized carbons (Fsp3) is 0.188. The van der Waals surface area contributed by atoms with Crippen LogP contribution in [0.3, 0.4) is 0 Å². The third-order valence-corrected chi connectivity index (χ3v) is 5.75. The van der Waals surface area contributed by atoms with Gasteiger partial charge in [-0.15, -0.1) is 16.4 Å². The van der Waals surface area contributed by atoms with E-state index in [-0.39, 0.29) is 11.6 Å². The number of anilines is 1. The van der Waals surface area contributed by atoms with E-state index in [1.807, 2.05) is 17.5 Å². The van der Waals surface area contributed by atoms with E-state index in [0.29, 0.717) is 28.4 Å². The number of fused-ring (bicyclic) bond motifs is 1. The lowest BCUT2D eigenvalue weighted by Crippen LogP contribution is -2.23. The van der Waals surface area contributed by atoms with E-state index < -0.39 is 5.25 Å². The average Bonchev–Trinajstić information content (AvgIpc) is 3.36. The lowest BCUT2D eigenvalue weighted by Gasteiger charge is -2.11. The Morgan fingerprint density at radius 1 is 1.33 bits per heavy atom. The summed E-state index contributed by atoms with van der Waals surface area (Å²) in [5.41, 5.74) is 1.65. The highest BCUT2D eigenvalue weighted by atomic mass is 32.2. The number of thiophene rings is 1. The number of imidazole rings is 1. The molecule has 3 heterocycles. The van der Waals surface area contributed by atoms with E-state index in [9.17, 15) is 9.59 Å². The van der Waals surface area contributed by atoms with Gasteiger partial charge in [0, 0.05) is 10.6 Å². The van der Waals surface area contributed by atoms with E-state index in [1.165, 1.54) is 11.8 Å². The van der Waals surface area contributed by atoms with Crippen molar-refractivity contribution in [3.05, 3.63) is 51.1 Å². The summed E-state index contributed by atoms with van der Waals surface area (Å²) in [7, 11) is 0. The standard InChI is InChI=1S/C16H15N7O2S2/c1-9(27-16-20-21-22-23(16)8-11-3-2-6-26-11)14(24)17-10-4-5-12-13(7-10)19-15(25)18-12/h2-7,9H,8H2,1H3,(H,17,24)(H2,18,19,25)/t9-/m1/s1. The monoisotopic (exact) mass is 401 g/mol. The van der Waals surface area contributed by atoms with Gasteiger partial charge >= 0.3 is 5.69 Å². The van der Waals surface area contributed by atoms with Crippen molar-refractivity contribution in [2.24, 2.45) is 0 Å². The third kappa shape index (κ3) is 3.93. The number of thioether (sulfide) groups is 1. The fourth-order valence-corrected chi connectivity index (χ4v) is 3.97. The van der Waals surface area contributed by atoms with Gasteiger partial charge in [0.1, 0.15) is 0 Å². The van der Waals surface area contributed by atoms with Crippen LogP contribution < -0.4 is 11.0 Å². The number of nitrogens with one attached hydrogen (secondary N) is 3.